The summed E-state index contributed by atoms with van der Waals surface area (Å²) >= 11 is 9.69. The summed E-state index contributed by atoms with van der Waals surface area (Å²) in [6, 6.07) is 17.0. The van der Waals surface area contributed by atoms with Gasteiger partial charge in [-0.3, -0.25) is 14.5 Å². The molecule has 0 saturated carbocycles. The zero-order chi connectivity index (χ0) is 26.8. The van der Waals surface area contributed by atoms with Crippen LogP contribution in [-0.4, -0.2) is 19.6 Å². The van der Waals surface area contributed by atoms with Crippen LogP contribution in [0.25, 0.3) is 11.0 Å². The van der Waals surface area contributed by atoms with Crippen molar-refractivity contribution in [1.29, 1.82) is 0 Å². The minimum Gasteiger partial charge on any atom is -0.493 e. The Morgan fingerprint density at radius 2 is 1.84 bits per heavy atom. The molecule has 1 atom stereocenters. The van der Waals surface area contributed by atoms with Gasteiger partial charge in [-0.05, 0) is 60.5 Å². The first-order chi connectivity index (χ1) is 18.4. The van der Waals surface area contributed by atoms with E-state index >= 15 is 0 Å². The summed E-state index contributed by atoms with van der Waals surface area (Å²) in [6.45, 7) is 2.75. The molecule has 1 aliphatic rings. The lowest BCUT2D eigenvalue weighted by atomic mass is 9.97. The van der Waals surface area contributed by atoms with E-state index < -0.39 is 11.9 Å². The van der Waals surface area contributed by atoms with Crippen molar-refractivity contribution in [2.45, 2.75) is 38.6 Å². The van der Waals surface area contributed by atoms with Crippen LogP contribution in [0.5, 0.6) is 11.5 Å². The van der Waals surface area contributed by atoms with E-state index in [0.29, 0.717) is 45.3 Å². The first-order valence-electron chi connectivity index (χ1n) is 12.6. The van der Waals surface area contributed by atoms with Crippen molar-refractivity contribution in [3.63, 3.8) is 0 Å². The number of ether oxygens (including phenoxy) is 2. The Morgan fingerprint density at radius 3 is 2.61 bits per heavy atom. The summed E-state index contributed by atoms with van der Waals surface area (Å²) in [6.07, 6.45) is 4.38. The SMILES string of the molecule is CCCCCCOc1ccc(C2c3c(oc4ccc(Cl)cc4c3=O)C(=O)N2c2cccc(Br)c2)cc1OC. The molecule has 1 aromatic heterocycles. The minimum atomic E-state index is -0.737. The molecule has 0 saturated heterocycles. The Balaban J connectivity index is 1.63. The highest BCUT2D eigenvalue weighted by Gasteiger charge is 2.44. The summed E-state index contributed by atoms with van der Waals surface area (Å²) in [5.41, 5.74) is 1.60. The lowest BCUT2D eigenvalue weighted by molar-refractivity contribution is 0.0971. The highest BCUT2D eigenvalue weighted by Crippen LogP contribution is 2.43. The third-order valence-electron chi connectivity index (χ3n) is 6.68. The molecule has 1 aliphatic heterocycles. The molecule has 8 heteroatoms. The topological polar surface area (TPSA) is 69.0 Å². The number of amides is 1. The van der Waals surface area contributed by atoms with E-state index in [1.165, 1.54) is 6.42 Å². The Labute approximate surface area is 234 Å². The van der Waals surface area contributed by atoms with Gasteiger partial charge in [-0.25, -0.2) is 0 Å². The second-order valence-corrected chi connectivity index (χ2v) is 10.5. The second kappa shape index (κ2) is 11.2. The van der Waals surface area contributed by atoms with Crippen LogP contribution >= 0.6 is 27.5 Å². The number of nitrogens with zero attached hydrogens (tertiary/aromatic N) is 1. The fourth-order valence-electron chi connectivity index (χ4n) is 4.84. The highest BCUT2D eigenvalue weighted by molar-refractivity contribution is 9.10. The van der Waals surface area contributed by atoms with Gasteiger partial charge in [-0.2, -0.15) is 0 Å². The van der Waals surface area contributed by atoms with E-state index in [2.05, 4.69) is 22.9 Å². The number of unbranched alkanes of at least 4 members (excludes halogenated alkanes) is 3. The summed E-state index contributed by atoms with van der Waals surface area (Å²) in [5, 5.41) is 0.737. The molecule has 5 rings (SSSR count). The second-order valence-electron chi connectivity index (χ2n) is 9.19. The monoisotopic (exact) mass is 595 g/mol. The number of carbonyl (C=O) groups is 1. The van der Waals surface area contributed by atoms with Crippen molar-refractivity contribution < 1.29 is 18.7 Å². The Hall–Kier alpha value is -3.29. The molecule has 0 N–H and O–H groups in total. The van der Waals surface area contributed by atoms with E-state index in [9.17, 15) is 9.59 Å². The van der Waals surface area contributed by atoms with Gasteiger partial charge in [0.15, 0.2) is 16.9 Å². The van der Waals surface area contributed by atoms with E-state index in [0.717, 1.165) is 23.7 Å². The van der Waals surface area contributed by atoms with Crippen molar-refractivity contribution in [3.05, 3.63) is 97.3 Å². The first-order valence-corrected chi connectivity index (χ1v) is 13.8. The number of halogens is 2. The highest BCUT2D eigenvalue weighted by atomic mass is 79.9. The molecule has 3 aromatic carbocycles. The zero-order valence-electron chi connectivity index (χ0n) is 21.1. The van der Waals surface area contributed by atoms with Crippen LogP contribution < -0.4 is 19.8 Å². The van der Waals surface area contributed by atoms with Crippen LogP contribution in [-0.2, 0) is 0 Å². The Kier molecular flexibility index (Phi) is 7.77. The van der Waals surface area contributed by atoms with Crippen LogP contribution in [0.15, 0.2) is 74.3 Å². The fraction of sp³-hybridized carbons (Fsp3) is 0.267. The molecule has 6 nitrogen and oxygen atoms in total. The summed E-state index contributed by atoms with van der Waals surface area (Å²) in [7, 11) is 1.58. The van der Waals surface area contributed by atoms with Crippen molar-refractivity contribution in [1.82, 2.24) is 0 Å². The summed E-state index contributed by atoms with van der Waals surface area (Å²) in [5.74, 6) is 0.766. The first kappa shape index (κ1) is 26.3. The molecule has 38 heavy (non-hydrogen) atoms. The van der Waals surface area contributed by atoms with Crippen LogP contribution in [0.1, 0.15) is 60.3 Å². The number of methoxy groups -OCH3 is 1. The minimum absolute atomic E-state index is 0.0185. The van der Waals surface area contributed by atoms with Crippen LogP contribution in [0, 0.1) is 0 Å². The molecular weight excluding hydrogens is 570 g/mol. The van der Waals surface area contributed by atoms with Crippen molar-refractivity contribution in [3.8, 4) is 11.5 Å². The van der Waals surface area contributed by atoms with E-state index in [1.807, 2.05) is 42.5 Å². The third-order valence-corrected chi connectivity index (χ3v) is 7.41. The lowest BCUT2D eigenvalue weighted by Crippen LogP contribution is -2.29. The van der Waals surface area contributed by atoms with E-state index in [1.54, 1.807) is 30.2 Å². The molecular formula is C30H27BrClNO5. The van der Waals surface area contributed by atoms with Gasteiger partial charge in [0.05, 0.1) is 30.7 Å². The third kappa shape index (κ3) is 4.93. The maximum absolute atomic E-state index is 13.8. The van der Waals surface area contributed by atoms with E-state index in [-0.39, 0.29) is 16.8 Å². The zero-order valence-corrected chi connectivity index (χ0v) is 23.5. The fourth-order valence-corrected chi connectivity index (χ4v) is 5.40. The number of hydrogen-bond acceptors (Lipinski definition) is 5. The molecule has 0 aliphatic carbocycles. The average Bonchev–Trinajstić information content (AvgIpc) is 3.21. The maximum Gasteiger partial charge on any atom is 0.295 e. The van der Waals surface area contributed by atoms with Crippen LogP contribution in [0.4, 0.5) is 5.69 Å². The molecule has 0 radical (unpaired) electrons. The Morgan fingerprint density at radius 1 is 1.00 bits per heavy atom. The number of rotatable bonds is 9. The number of benzene rings is 3. The van der Waals surface area contributed by atoms with Gasteiger partial charge in [-0.15, -0.1) is 0 Å². The van der Waals surface area contributed by atoms with Crippen molar-refractivity contribution in [2.75, 3.05) is 18.6 Å². The van der Waals surface area contributed by atoms with Gasteiger partial charge >= 0.3 is 0 Å². The lowest BCUT2D eigenvalue weighted by Gasteiger charge is -2.26. The van der Waals surface area contributed by atoms with Crippen molar-refractivity contribution >= 4 is 50.1 Å². The molecule has 4 aromatic rings. The summed E-state index contributed by atoms with van der Waals surface area (Å²) < 4.78 is 18.5. The molecule has 1 unspecified atom stereocenters. The standard InChI is InChI=1S/C30H27BrClNO5/c1-3-4-5-6-14-37-24-12-10-18(15-25(24)36-2)27-26-28(34)22-17-20(32)11-13-23(22)38-29(26)30(35)33(27)21-9-7-8-19(31)16-21/h7-13,15-17,27H,3-6,14H2,1-2H3. The van der Waals surface area contributed by atoms with Gasteiger partial charge in [-0.1, -0.05) is 65.8 Å². The summed E-state index contributed by atoms with van der Waals surface area (Å²) in [4.78, 5) is 29.2. The average molecular weight is 597 g/mol. The van der Waals surface area contributed by atoms with E-state index in [4.69, 9.17) is 25.5 Å². The maximum atomic E-state index is 13.8. The Bertz CT molecular complexity index is 1570. The van der Waals surface area contributed by atoms with Crippen LogP contribution in [0.2, 0.25) is 5.02 Å². The molecule has 0 spiro atoms. The van der Waals surface area contributed by atoms with Gasteiger partial charge in [0.2, 0.25) is 5.76 Å². The molecule has 0 fully saturated rings. The van der Waals surface area contributed by atoms with Crippen molar-refractivity contribution in [2.24, 2.45) is 0 Å². The number of anilines is 1. The molecule has 2 heterocycles. The van der Waals surface area contributed by atoms with Crippen LogP contribution in [0.3, 0.4) is 0 Å². The normalized spacial score (nSPS) is 14.7. The smallest absolute Gasteiger partial charge is 0.295 e. The largest absolute Gasteiger partial charge is 0.493 e. The van der Waals surface area contributed by atoms with Gasteiger partial charge in [0, 0.05) is 15.2 Å². The quantitative estimate of drug-likeness (QED) is 0.184. The van der Waals surface area contributed by atoms with Gasteiger partial charge in [0.1, 0.15) is 5.58 Å². The predicted octanol–water partition coefficient (Wildman–Crippen LogP) is 7.93. The number of fused-ring (bicyclic) bond motifs is 2. The molecule has 0 bridgehead atoms. The predicted molar refractivity (Wildman–Crippen MR) is 153 cm³/mol. The number of hydrogen-bond donors (Lipinski definition) is 0. The van der Waals surface area contributed by atoms with Gasteiger partial charge < -0.3 is 13.9 Å². The molecule has 196 valence electrons. The number of carbonyl (C=O) groups excluding carboxylic acids is 1. The molecule has 1 amide bonds. The van der Waals surface area contributed by atoms with Gasteiger partial charge in [0.25, 0.3) is 5.91 Å².